The maximum Gasteiger partial charge on any atom is 0.170 e. The zero-order valence-corrected chi connectivity index (χ0v) is 8.06. The highest BCUT2D eigenvalue weighted by Crippen LogP contribution is 2.33. The van der Waals surface area contributed by atoms with Crippen LogP contribution in [-0.4, -0.2) is 0 Å². The predicted octanol–water partition coefficient (Wildman–Crippen LogP) is 4.05. The molecule has 0 spiro atoms. The van der Waals surface area contributed by atoms with Crippen LogP contribution in [0.25, 0.3) is 11.3 Å². The van der Waals surface area contributed by atoms with Gasteiger partial charge in [-0.25, -0.2) is 0 Å². The van der Waals surface area contributed by atoms with Gasteiger partial charge in [0.05, 0.1) is 10.0 Å². The number of halogens is 2. The van der Waals surface area contributed by atoms with Crippen LogP contribution in [0, 0.1) is 6.26 Å². The van der Waals surface area contributed by atoms with E-state index >= 15 is 0 Å². The summed E-state index contributed by atoms with van der Waals surface area (Å²) in [4.78, 5) is 0. The van der Waals surface area contributed by atoms with Crippen molar-refractivity contribution >= 4 is 23.2 Å². The Kier molecular flexibility index (Phi) is 2.30. The lowest BCUT2D eigenvalue weighted by atomic mass is 10.2. The fourth-order valence-corrected chi connectivity index (χ4v) is 1.47. The minimum absolute atomic E-state index is 0.507. The molecule has 0 saturated carbocycles. The first-order chi connectivity index (χ1) is 6.29. The molecule has 0 amide bonds. The number of benzene rings is 1. The third kappa shape index (κ3) is 1.58. The van der Waals surface area contributed by atoms with Crippen molar-refractivity contribution in [2.75, 3.05) is 0 Å². The Labute approximate surface area is 85.9 Å². The van der Waals surface area contributed by atoms with E-state index in [1.54, 1.807) is 18.2 Å². The van der Waals surface area contributed by atoms with E-state index in [0.717, 1.165) is 5.56 Å². The van der Waals surface area contributed by atoms with Crippen molar-refractivity contribution in [3.05, 3.63) is 46.6 Å². The molecule has 0 aliphatic rings. The molecule has 0 bridgehead atoms. The van der Waals surface area contributed by atoms with Gasteiger partial charge in [0, 0.05) is 5.56 Å². The Balaban J connectivity index is 2.59. The standard InChI is InChI=1S/C10H5Cl2O/c11-8-4-1-3-7(10(8)12)9-5-2-6-13-9/h1-5H. The van der Waals surface area contributed by atoms with Gasteiger partial charge >= 0.3 is 0 Å². The van der Waals surface area contributed by atoms with Gasteiger partial charge in [-0.1, -0.05) is 29.3 Å². The predicted molar refractivity (Wildman–Crippen MR) is 53.0 cm³/mol. The summed E-state index contributed by atoms with van der Waals surface area (Å²) in [6.07, 6.45) is 2.60. The van der Waals surface area contributed by atoms with E-state index in [9.17, 15) is 0 Å². The molecule has 0 N–H and O–H groups in total. The minimum atomic E-state index is 0.507. The highest BCUT2D eigenvalue weighted by molar-refractivity contribution is 6.43. The van der Waals surface area contributed by atoms with Crippen molar-refractivity contribution in [2.24, 2.45) is 0 Å². The summed E-state index contributed by atoms with van der Waals surface area (Å²) in [5.74, 6) is 0.674. The summed E-state index contributed by atoms with van der Waals surface area (Å²) in [6.45, 7) is 0. The summed E-state index contributed by atoms with van der Waals surface area (Å²) in [5.41, 5.74) is 0.787. The molecule has 3 heteroatoms. The maximum atomic E-state index is 5.98. The Morgan fingerprint density at radius 2 is 2.00 bits per heavy atom. The summed E-state index contributed by atoms with van der Waals surface area (Å²) >= 11 is 11.8. The third-order valence-corrected chi connectivity index (χ3v) is 2.51. The molecule has 13 heavy (non-hydrogen) atoms. The number of hydrogen-bond acceptors (Lipinski definition) is 1. The van der Waals surface area contributed by atoms with Crippen molar-refractivity contribution in [3.8, 4) is 11.3 Å². The van der Waals surface area contributed by atoms with Crippen LogP contribution in [0.1, 0.15) is 0 Å². The second-order valence-electron chi connectivity index (χ2n) is 2.52. The second kappa shape index (κ2) is 3.44. The molecule has 1 heterocycles. The van der Waals surface area contributed by atoms with Gasteiger partial charge in [0.25, 0.3) is 0 Å². The Hall–Kier alpha value is -0.920. The van der Waals surface area contributed by atoms with Gasteiger partial charge in [-0.3, -0.25) is 0 Å². The van der Waals surface area contributed by atoms with Crippen LogP contribution in [0.2, 0.25) is 10.0 Å². The maximum absolute atomic E-state index is 5.98. The van der Waals surface area contributed by atoms with Crippen molar-refractivity contribution in [3.63, 3.8) is 0 Å². The smallest absolute Gasteiger partial charge is 0.170 e. The van der Waals surface area contributed by atoms with Gasteiger partial charge < -0.3 is 4.42 Å². The number of rotatable bonds is 1. The molecule has 65 valence electrons. The van der Waals surface area contributed by atoms with Crippen molar-refractivity contribution in [1.82, 2.24) is 0 Å². The lowest BCUT2D eigenvalue weighted by Gasteiger charge is -2.01. The highest BCUT2D eigenvalue weighted by Gasteiger charge is 2.08. The molecule has 0 aliphatic heterocycles. The van der Waals surface area contributed by atoms with E-state index < -0.39 is 0 Å². The highest BCUT2D eigenvalue weighted by atomic mass is 35.5. The Bertz CT molecular complexity index is 407. The molecule has 2 rings (SSSR count). The van der Waals surface area contributed by atoms with Crippen molar-refractivity contribution < 1.29 is 4.42 Å². The molecule has 1 aromatic carbocycles. The van der Waals surface area contributed by atoms with Gasteiger partial charge in [-0.15, -0.1) is 0 Å². The summed E-state index contributed by atoms with van der Waals surface area (Å²) < 4.78 is 5.09. The lowest BCUT2D eigenvalue weighted by Crippen LogP contribution is -1.76. The first-order valence-corrected chi connectivity index (χ1v) is 4.45. The summed E-state index contributed by atoms with van der Waals surface area (Å²) in [7, 11) is 0. The summed E-state index contributed by atoms with van der Waals surface area (Å²) in [5, 5.41) is 1.03. The Morgan fingerprint density at radius 1 is 1.15 bits per heavy atom. The molecule has 0 fully saturated rings. The molecule has 0 unspecified atom stereocenters. The van der Waals surface area contributed by atoms with Gasteiger partial charge in [0.2, 0.25) is 0 Å². The SMILES string of the molecule is Clc1cccc(-c2cc[c]o2)c1Cl. The van der Waals surface area contributed by atoms with Gasteiger partial charge in [-0.2, -0.15) is 0 Å². The van der Waals surface area contributed by atoms with Crippen molar-refractivity contribution in [1.29, 1.82) is 0 Å². The fraction of sp³-hybridized carbons (Fsp3) is 0. The average Bonchev–Trinajstić information content (AvgIpc) is 2.62. The van der Waals surface area contributed by atoms with Crippen LogP contribution in [0.3, 0.4) is 0 Å². The molecule has 2 aromatic rings. The van der Waals surface area contributed by atoms with E-state index in [-0.39, 0.29) is 0 Å². The lowest BCUT2D eigenvalue weighted by molar-refractivity contribution is 0.573. The quantitative estimate of drug-likeness (QED) is 0.694. The van der Waals surface area contributed by atoms with E-state index in [4.69, 9.17) is 27.6 Å². The fourth-order valence-electron chi connectivity index (χ4n) is 1.08. The number of furan rings is 1. The monoisotopic (exact) mass is 211 g/mol. The molecule has 1 aromatic heterocycles. The van der Waals surface area contributed by atoms with Crippen molar-refractivity contribution in [2.45, 2.75) is 0 Å². The van der Waals surface area contributed by atoms with E-state index in [1.807, 2.05) is 12.1 Å². The van der Waals surface area contributed by atoms with Gasteiger partial charge in [-0.05, 0) is 24.3 Å². The number of hydrogen-bond donors (Lipinski definition) is 0. The molecular formula is C10H5Cl2O. The molecule has 0 aliphatic carbocycles. The summed E-state index contributed by atoms with van der Waals surface area (Å²) in [6, 6.07) is 8.89. The zero-order chi connectivity index (χ0) is 9.26. The average molecular weight is 212 g/mol. The topological polar surface area (TPSA) is 13.1 Å². The molecule has 1 nitrogen and oxygen atoms in total. The van der Waals surface area contributed by atoms with E-state index in [2.05, 4.69) is 6.26 Å². The van der Waals surface area contributed by atoms with Gasteiger partial charge in [0.1, 0.15) is 5.76 Å². The van der Waals surface area contributed by atoms with Crippen LogP contribution >= 0.6 is 23.2 Å². The molecule has 0 saturated heterocycles. The van der Waals surface area contributed by atoms with Crippen LogP contribution in [0.15, 0.2) is 34.7 Å². The van der Waals surface area contributed by atoms with Crippen LogP contribution < -0.4 is 0 Å². The van der Waals surface area contributed by atoms with Crippen LogP contribution in [-0.2, 0) is 0 Å². The first-order valence-electron chi connectivity index (χ1n) is 3.69. The zero-order valence-electron chi connectivity index (χ0n) is 6.55. The van der Waals surface area contributed by atoms with Crippen LogP contribution in [0.5, 0.6) is 0 Å². The molecular weight excluding hydrogens is 207 g/mol. The van der Waals surface area contributed by atoms with Gasteiger partial charge in [0.15, 0.2) is 6.26 Å². The normalized spacial score (nSPS) is 10.3. The largest absolute Gasteiger partial charge is 0.453 e. The first kappa shape index (κ1) is 8.67. The second-order valence-corrected chi connectivity index (χ2v) is 3.30. The Morgan fingerprint density at radius 3 is 2.69 bits per heavy atom. The van der Waals surface area contributed by atoms with E-state index in [1.165, 1.54) is 0 Å². The minimum Gasteiger partial charge on any atom is -0.453 e. The third-order valence-electron chi connectivity index (χ3n) is 1.69. The van der Waals surface area contributed by atoms with Crippen LogP contribution in [0.4, 0.5) is 0 Å². The molecule has 0 atom stereocenters. The molecule has 1 radical (unpaired) electrons. The van der Waals surface area contributed by atoms with E-state index in [0.29, 0.717) is 15.8 Å².